The lowest BCUT2D eigenvalue weighted by Gasteiger charge is -2.37. The average molecular weight is 496 g/mol. The summed E-state index contributed by atoms with van der Waals surface area (Å²) in [5, 5.41) is 3.21. The first kappa shape index (κ1) is 23.9. The topological polar surface area (TPSA) is 83.5 Å². The summed E-state index contributed by atoms with van der Waals surface area (Å²) >= 11 is 0. The molecular formula is C18H33IN4O4. The summed E-state index contributed by atoms with van der Waals surface area (Å²) in [6, 6.07) is 0. The van der Waals surface area contributed by atoms with Crippen LogP contribution in [0.2, 0.25) is 0 Å². The maximum atomic E-state index is 12.4. The molecule has 156 valence electrons. The Balaban J connectivity index is 0.00000364. The molecule has 0 aromatic heterocycles. The minimum atomic E-state index is -0.515. The lowest BCUT2D eigenvalue weighted by Crippen LogP contribution is -2.55. The van der Waals surface area contributed by atoms with Crippen LogP contribution in [0.4, 0.5) is 0 Å². The molecule has 0 spiro atoms. The van der Waals surface area contributed by atoms with Crippen LogP contribution in [0.3, 0.4) is 0 Å². The molecule has 0 saturated carbocycles. The van der Waals surface area contributed by atoms with Crippen molar-refractivity contribution in [3.8, 4) is 0 Å². The van der Waals surface area contributed by atoms with E-state index < -0.39 is 5.60 Å². The Kier molecular flexibility index (Phi) is 9.78. The summed E-state index contributed by atoms with van der Waals surface area (Å²) < 4.78 is 10.8. The fourth-order valence-electron chi connectivity index (χ4n) is 3.05. The predicted octanol–water partition coefficient (Wildman–Crippen LogP) is 1.23. The number of hydrogen-bond donors (Lipinski definition) is 1. The largest absolute Gasteiger partial charge is 0.459 e. The van der Waals surface area contributed by atoms with Crippen molar-refractivity contribution < 1.29 is 19.1 Å². The summed E-state index contributed by atoms with van der Waals surface area (Å²) in [6.07, 6.45) is 1.51. The number of aliphatic imine (C=N–C) groups is 1. The number of carbonyl (C=O) groups is 2. The number of halogens is 1. The van der Waals surface area contributed by atoms with Gasteiger partial charge in [-0.25, -0.2) is 4.99 Å². The third-order valence-corrected chi connectivity index (χ3v) is 4.21. The highest BCUT2D eigenvalue weighted by Gasteiger charge is 2.31. The van der Waals surface area contributed by atoms with Gasteiger partial charge in [0.2, 0.25) is 0 Å². The smallest absolute Gasteiger partial charge is 0.328 e. The highest BCUT2D eigenvalue weighted by Crippen LogP contribution is 2.16. The Bertz CT molecular complexity index is 522. The van der Waals surface area contributed by atoms with E-state index in [1.54, 1.807) is 0 Å². The number of amides is 1. The van der Waals surface area contributed by atoms with Crippen LogP contribution in [0, 0.1) is 0 Å². The zero-order valence-electron chi connectivity index (χ0n) is 16.8. The van der Waals surface area contributed by atoms with Crippen LogP contribution in [-0.2, 0) is 19.1 Å². The monoisotopic (exact) mass is 496 g/mol. The normalized spacial score (nSPS) is 20.9. The number of hydrogen-bond acceptors (Lipinski definition) is 5. The fourth-order valence-corrected chi connectivity index (χ4v) is 3.05. The lowest BCUT2D eigenvalue weighted by molar-refractivity contribution is -0.152. The van der Waals surface area contributed by atoms with Crippen LogP contribution in [0.15, 0.2) is 4.99 Å². The quantitative estimate of drug-likeness (QED) is 0.273. The number of piperazine rings is 1. The van der Waals surface area contributed by atoms with Crippen molar-refractivity contribution in [2.75, 3.05) is 45.9 Å². The van der Waals surface area contributed by atoms with E-state index in [9.17, 15) is 9.59 Å². The molecular weight excluding hydrogens is 463 g/mol. The van der Waals surface area contributed by atoms with Crippen LogP contribution >= 0.6 is 24.0 Å². The zero-order chi connectivity index (χ0) is 19.2. The predicted molar refractivity (Wildman–Crippen MR) is 114 cm³/mol. The van der Waals surface area contributed by atoms with E-state index >= 15 is 0 Å². The van der Waals surface area contributed by atoms with Crippen molar-refractivity contribution >= 4 is 41.8 Å². The molecule has 9 heteroatoms. The van der Waals surface area contributed by atoms with Crippen molar-refractivity contribution in [1.29, 1.82) is 0 Å². The van der Waals surface area contributed by atoms with Gasteiger partial charge in [-0.15, -0.1) is 24.0 Å². The standard InChI is InChI=1S/C18H32N4O4.HI/c1-5-19-17(20-13-15(23)26-18(2,3)4)22-10-8-21(9-11-22)16(24)14-7-6-12-25-14;/h14H,5-13H2,1-4H3,(H,19,20);1H. The molecule has 2 aliphatic heterocycles. The zero-order valence-corrected chi connectivity index (χ0v) is 19.2. The first-order valence-corrected chi connectivity index (χ1v) is 9.45. The molecule has 27 heavy (non-hydrogen) atoms. The molecule has 2 saturated heterocycles. The second-order valence-corrected chi connectivity index (χ2v) is 7.57. The number of rotatable bonds is 4. The second-order valence-electron chi connectivity index (χ2n) is 7.57. The highest BCUT2D eigenvalue weighted by molar-refractivity contribution is 14.0. The SMILES string of the molecule is CCNC(=NCC(=O)OC(C)(C)C)N1CCN(C(=O)C2CCCO2)CC1.I. The molecule has 2 heterocycles. The van der Waals surface area contributed by atoms with E-state index in [0.29, 0.717) is 45.3 Å². The molecule has 2 fully saturated rings. The molecule has 0 bridgehead atoms. The molecule has 0 aliphatic carbocycles. The maximum absolute atomic E-state index is 12.4. The molecule has 0 aromatic rings. The minimum Gasteiger partial charge on any atom is -0.459 e. The maximum Gasteiger partial charge on any atom is 0.328 e. The lowest BCUT2D eigenvalue weighted by atomic mass is 10.2. The summed E-state index contributed by atoms with van der Waals surface area (Å²) in [4.78, 5) is 32.7. The van der Waals surface area contributed by atoms with E-state index in [4.69, 9.17) is 9.47 Å². The van der Waals surface area contributed by atoms with Gasteiger partial charge in [-0.3, -0.25) is 9.59 Å². The number of nitrogens with zero attached hydrogens (tertiary/aromatic N) is 3. The van der Waals surface area contributed by atoms with Gasteiger partial charge in [0, 0.05) is 39.3 Å². The Morgan fingerprint density at radius 2 is 1.81 bits per heavy atom. The van der Waals surface area contributed by atoms with E-state index in [1.165, 1.54) is 0 Å². The third kappa shape index (κ3) is 7.81. The molecule has 1 unspecified atom stereocenters. The summed E-state index contributed by atoms with van der Waals surface area (Å²) in [6.45, 7) is 11.5. The number of ether oxygens (including phenoxy) is 2. The van der Waals surface area contributed by atoms with Crippen LogP contribution < -0.4 is 5.32 Å². The molecule has 1 N–H and O–H groups in total. The van der Waals surface area contributed by atoms with Gasteiger partial charge >= 0.3 is 5.97 Å². The van der Waals surface area contributed by atoms with Gasteiger partial charge in [0.25, 0.3) is 5.91 Å². The van der Waals surface area contributed by atoms with Gasteiger partial charge in [0.15, 0.2) is 5.96 Å². The summed E-state index contributed by atoms with van der Waals surface area (Å²) in [5.41, 5.74) is -0.515. The van der Waals surface area contributed by atoms with Crippen LogP contribution in [0.25, 0.3) is 0 Å². The van der Waals surface area contributed by atoms with Crippen LogP contribution in [0.5, 0.6) is 0 Å². The van der Waals surface area contributed by atoms with Crippen molar-refractivity contribution in [2.24, 2.45) is 4.99 Å². The minimum absolute atomic E-state index is 0. The molecule has 1 amide bonds. The van der Waals surface area contributed by atoms with Crippen molar-refractivity contribution in [3.63, 3.8) is 0 Å². The number of guanidine groups is 1. The third-order valence-electron chi connectivity index (χ3n) is 4.21. The fraction of sp³-hybridized carbons (Fsp3) is 0.833. The molecule has 2 aliphatic rings. The average Bonchev–Trinajstić information content (AvgIpc) is 3.11. The number of esters is 1. The molecule has 0 radical (unpaired) electrons. The number of nitrogens with one attached hydrogen (secondary N) is 1. The van der Waals surface area contributed by atoms with Crippen LogP contribution in [-0.4, -0.2) is 85.2 Å². The Morgan fingerprint density at radius 3 is 2.33 bits per heavy atom. The van der Waals surface area contributed by atoms with Gasteiger partial charge in [-0.2, -0.15) is 0 Å². The van der Waals surface area contributed by atoms with Gasteiger partial charge < -0.3 is 24.6 Å². The molecule has 1 atom stereocenters. The summed E-state index contributed by atoms with van der Waals surface area (Å²) in [5.74, 6) is 0.431. The van der Waals surface area contributed by atoms with Gasteiger partial charge in [-0.1, -0.05) is 0 Å². The van der Waals surface area contributed by atoms with E-state index in [1.807, 2.05) is 32.6 Å². The van der Waals surface area contributed by atoms with Crippen molar-refractivity contribution in [1.82, 2.24) is 15.1 Å². The number of carbonyl (C=O) groups excluding carboxylic acids is 2. The summed E-state index contributed by atoms with van der Waals surface area (Å²) in [7, 11) is 0. The van der Waals surface area contributed by atoms with Crippen LogP contribution in [0.1, 0.15) is 40.5 Å². The second kappa shape index (κ2) is 11.0. The van der Waals surface area contributed by atoms with E-state index in [2.05, 4.69) is 15.2 Å². The molecule has 2 rings (SSSR count). The van der Waals surface area contributed by atoms with Gasteiger partial charge in [-0.05, 0) is 40.5 Å². The van der Waals surface area contributed by atoms with Gasteiger partial charge in [0.05, 0.1) is 0 Å². The first-order valence-electron chi connectivity index (χ1n) is 9.45. The first-order chi connectivity index (χ1) is 12.3. The molecule has 0 aromatic carbocycles. The van der Waals surface area contributed by atoms with Crippen molar-refractivity contribution in [3.05, 3.63) is 0 Å². The highest BCUT2D eigenvalue weighted by atomic mass is 127. The Morgan fingerprint density at radius 1 is 1.19 bits per heavy atom. The van der Waals surface area contributed by atoms with E-state index in [-0.39, 0.29) is 48.5 Å². The Hall–Kier alpha value is -1.10. The van der Waals surface area contributed by atoms with Gasteiger partial charge in [0.1, 0.15) is 18.2 Å². The molecule has 8 nitrogen and oxygen atoms in total. The Labute approximate surface area is 179 Å². The van der Waals surface area contributed by atoms with Crippen molar-refractivity contribution in [2.45, 2.75) is 52.2 Å². The van der Waals surface area contributed by atoms with E-state index in [0.717, 1.165) is 12.8 Å².